The van der Waals surface area contributed by atoms with Crippen molar-refractivity contribution < 1.29 is 9.53 Å². The zero-order valence-corrected chi connectivity index (χ0v) is 14.7. The molecule has 0 bridgehead atoms. The summed E-state index contributed by atoms with van der Waals surface area (Å²) >= 11 is 0. The van der Waals surface area contributed by atoms with Gasteiger partial charge in [-0.3, -0.25) is 4.79 Å². The van der Waals surface area contributed by atoms with Crippen LogP contribution < -0.4 is 10.1 Å². The molecule has 3 rings (SSSR count). The molecule has 3 heteroatoms. The van der Waals surface area contributed by atoms with Gasteiger partial charge in [0, 0.05) is 0 Å². The Bertz CT molecular complexity index is 751. The van der Waals surface area contributed by atoms with Crippen LogP contribution in [0.4, 0.5) is 0 Å². The molecule has 1 aliphatic rings. The molecule has 126 valence electrons. The van der Waals surface area contributed by atoms with E-state index in [4.69, 9.17) is 4.74 Å². The van der Waals surface area contributed by atoms with Crippen molar-refractivity contribution in [3.8, 4) is 5.75 Å². The average molecular weight is 323 g/mol. The van der Waals surface area contributed by atoms with Crippen molar-refractivity contribution in [2.75, 3.05) is 6.61 Å². The summed E-state index contributed by atoms with van der Waals surface area (Å²) in [6.07, 6.45) is 3.57. The van der Waals surface area contributed by atoms with Crippen LogP contribution in [0.1, 0.15) is 47.2 Å². The molecule has 2 aromatic carbocycles. The molecule has 24 heavy (non-hydrogen) atoms. The first kappa shape index (κ1) is 16.6. The Hall–Kier alpha value is -2.29. The molecule has 1 atom stereocenters. The van der Waals surface area contributed by atoms with Crippen molar-refractivity contribution in [1.29, 1.82) is 0 Å². The Kier molecular flexibility index (Phi) is 4.89. The molecule has 0 fully saturated rings. The lowest BCUT2D eigenvalue weighted by Gasteiger charge is -2.16. The number of aryl methyl sites for hydroxylation is 4. The zero-order chi connectivity index (χ0) is 17.1. The molecule has 0 aliphatic heterocycles. The highest BCUT2D eigenvalue weighted by molar-refractivity contribution is 5.78. The second-order valence-electron chi connectivity index (χ2n) is 6.71. The van der Waals surface area contributed by atoms with Crippen molar-refractivity contribution in [2.45, 2.75) is 46.1 Å². The van der Waals surface area contributed by atoms with Crippen LogP contribution >= 0.6 is 0 Å². The first-order valence-corrected chi connectivity index (χ1v) is 8.64. The van der Waals surface area contributed by atoms with Crippen LogP contribution in [0.15, 0.2) is 36.4 Å². The third-order valence-electron chi connectivity index (χ3n) is 4.85. The molecule has 0 spiro atoms. The quantitative estimate of drug-likeness (QED) is 0.901. The number of hydrogen-bond acceptors (Lipinski definition) is 2. The molecule has 3 nitrogen and oxygen atoms in total. The number of amides is 1. The SMILES string of the molecule is Cc1ccc(OCC(=O)NC(C)c2ccc3c(c2)CCC3)cc1C. The van der Waals surface area contributed by atoms with E-state index in [2.05, 4.69) is 30.4 Å². The van der Waals surface area contributed by atoms with Crippen LogP contribution in [0.25, 0.3) is 0 Å². The number of fused-ring (bicyclic) bond motifs is 1. The van der Waals surface area contributed by atoms with E-state index in [-0.39, 0.29) is 18.6 Å². The van der Waals surface area contributed by atoms with Crippen LogP contribution in [-0.2, 0) is 17.6 Å². The average Bonchev–Trinajstić information content (AvgIpc) is 3.03. The molecular weight excluding hydrogens is 298 g/mol. The van der Waals surface area contributed by atoms with Gasteiger partial charge in [0.1, 0.15) is 5.75 Å². The van der Waals surface area contributed by atoms with Gasteiger partial charge < -0.3 is 10.1 Å². The highest BCUT2D eigenvalue weighted by atomic mass is 16.5. The fourth-order valence-corrected chi connectivity index (χ4v) is 3.18. The Morgan fingerprint density at radius 3 is 2.67 bits per heavy atom. The molecular formula is C21H25NO2. The van der Waals surface area contributed by atoms with Crippen LogP contribution in [0.5, 0.6) is 5.75 Å². The van der Waals surface area contributed by atoms with Gasteiger partial charge in [0.2, 0.25) is 0 Å². The minimum Gasteiger partial charge on any atom is -0.484 e. The van der Waals surface area contributed by atoms with Crippen LogP contribution in [0.3, 0.4) is 0 Å². The van der Waals surface area contributed by atoms with Gasteiger partial charge in [0.25, 0.3) is 5.91 Å². The number of hydrogen-bond donors (Lipinski definition) is 1. The lowest BCUT2D eigenvalue weighted by Crippen LogP contribution is -2.31. The maximum atomic E-state index is 12.1. The fourth-order valence-electron chi connectivity index (χ4n) is 3.18. The van der Waals surface area contributed by atoms with E-state index in [1.165, 1.54) is 35.1 Å². The largest absolute Gasteiger partial charge is 0.484 e. The van der Waals surface area contributed by atoms with E-state index < -0.39 is 0 Å². The summed E-state index contributed by atoms with van der Waals surface area (Å²) in [5.74, 6) is 0.639. The van der Waals surface area contributed by atoms with E-state index >= 15 is 0 Å². The molecule has 1 N–H and O–H groups in total. The molecule has 1 amide bonds. The fraction of sp³-hybridized carbons (Fsp3) is 0.381. The summed E-state index contributed by atoms with van der Waals surface area (Å²) in [6.45, 7) is 6.16. The number of nitrogens with one attached hydrogen (secondary N) is 1. The van der Waals surface area contributed by atoms with Crippen molar-refractivity contribution in [3.05, 3.63) is 64.2 Å². The molecule has 2 aromatic rings. The highest BCUT2D eigenvalue weighted by Gasteiger charge is 2.15. The van der Waals surface area contributed by atoms with Crippen LogP contribution in [-0.4, -0.2) is 12.5 Å². The second-order valence-corrected chi connectivity index (χ2v) is 6.71. The molecule has 0 aromatic heterocycles. The Labute approximate surface area is 144 Å². The molecule has 0 heterocycles. The Morgan fingerprint density at radius 1 is 1.08 bits per heavy atom. The van der Waals surface area contributed by atoms with Gasteiger partial charge in [0.15, 0.2) is 6.61 Å². The topological polar surface area (TPSA) is 38.3 Å². The van der Waals surface area contributed by atoms with Gasteiger partial charge in [0.05, 0.1) is 6.04 Å². The maximum Gasteiger partial charge on any atom is 0.258 e. The highest BCUT2D eigenvalue weighted by Crippen LogP contribution is 2.25. The molecule has 1 aliphatic carbocycles. The molecule has 0 saturated heterocycles. The monoisotopic (exact) mass is 323 g/mol. The van der Waals surface area contributed by atoms with Crippen molar-refractivity contribution in [1.82, 2.24) is 5.32 Å². The summed E-state index contributed by atoms with van der Waals surface area (Å²) in [6, 6.07) is 12.4. The summed E-state index contributed by atoms with van der Waals surface area (Å²) in [5, 5.41) is 3.02. The van der Waals surface area contributed by atoms with Crippen molar-refractivity contribution >= 4 is 5.91 Å². The first-order valence-electron chi connectivity index (χ1n) is 8.64. The van der Waals surface area contributed by atoms with Gasteiger partial charge in [-0.2, -0.15) is 0 Å². The van der Waals surface area contributed by atoms with E-state index in [9.17, 15) is 4.79 Å². The lowest BCUT2D eigenvalue weighted by molar-refractivity contribution is -0.123. The summed E-state index contributed by atoms with van der Waals surface area (Å²) in [4.78, 5) is 12.1. The first-order chi connectivity index (χ1) is 11.5. The predicted molar refractivity (Wildman–Crippen MR) is 96.4 cm³/mol. The molecule has 0 radical (unpaired) electrons. The smallest absolute Gasteiger partial charge is 0.258 e. The third kappa shape index (κ3) is 3.78. The Balaban J connectivity index is 1.55. The third-order valence-corrected chi connectivity index (χ3v) is 4.85. The van der Waals surface area contributed by atoms with Gasteiger partial charge in [-0.25, -0.2) is 0 Å². The normalized spacial score (nSPS) is 14.1. The summed E-state index contributed by atoms with van der Waals surface area (Å²) < 4.78 is 5.60. The summed E-state index contributed by atoms with van der Waals surface area (Å²) in [7, 11) is 0. The van der Waals surface area contributed by atoms with E-state index in [1.807, 2.05) is 32.0 Å². The summed E-state index contributed by atoms with van der Waals surface area (Å²) in [5.41, 5.74) is 6.43. The number of benzene rings is 2. The van der Waals surface area contributed by atoms with E-state index in [1.54, 1.807) is 0 Å². The van der Waals surface area contributed by atoms with E-state index in [0.29, 0.717) is 0 Å². The van der Waals surface area contributed by atoms with Gasteiger partial charge in [-0.05, 0) is 80.0 Å². The maximum absolute atomic E-state index is 12.1. The Morgan fingerprint density at radius 2 is 1.88 bits per heavy atom. The number of ether oxygens (including phenoxy) is 1. The predicted octanol–water partition coefficient (Wildman–Crippen LogP) is 4.05. The van der Waals surface area contributed by atoms with Crippen molar-refractivity contribution in [3.63, 3.8) is 0 Å². The van der Waals surface area contributed by atoms with Gasteiger partial charge in [-0.1, -0.05) is 24.3 Å². The number of carbonyl (C=O) groups is 1. The van der Waals surface area contributed by atoms with Gasteiger partial charge in [-0.15, -0.1) is 0 Å². The standard InChI is InChI=1S/C21H25NO2/c1-14-7-10-20(11-15(14)2)24-13-21(23)22-16(3)18-9-8-17-5-4-6-19(17)12-18/h7-12,16H,4-6,13H2,1-3H3,(H,22,23). The van der Waals surface area contributed by atoms with Crippen LogP contribution in [0.2, 0.25) is 0 Å². The zero-order valence-electron chi connectivity index (χ0n) is 14.7. The van der Waals surface area contributed by atoms with Crippen LogP contribution in [0, 0.1) is 13.8 Å². The number of rotatable bonds is 5. The number of carbonyl (C=O) groups excluding carboxylic acids is 1. The minimum absolute atomic E-state index is 0.00764. The second kappa shape index (κ2) is 7.08. The lowest BCUT2D eigenvalue weighted by atomic mass is 10.0. The van der Waals surface area contributed by atoms with Gasteiger partial charge >= 0.3 is 0 Å². The molecule has 1 unspecified atom stereocenters. The van der Waals surface area contributed by atoms with Crippen molar-refractivity contribution in [2.24, 2.45) is 0 Å². The minimum atomic E-state index is -0.0961. The molecule has 0 saturated carbocycles. The van der Waals surface area contributed by atoms with E-state index in [0.717, 1.165) is 17.7 Å².